The molecule has 0 aromatic carbocycles. The number of hydrogen-bond donors (Lipinski definition) is 0. The first-order chi connectivity index (χ1) is 8.61. The van der Waals surface area contributed by atoms with E-state index in [1.165, 1.54) is 6.42 Å². The van der Waals surface area contributed by atoms with Gasteiger partial charge in [0.05, 0.1) is 11.8 Å². The van der Waals surface area contributed by atoms with Crippen molar-refractivity contribution in [3.63, 3.8) is 0 Å². The van der Waals surface area contributed by atoms with Gasteiger partial charge in [0.1, 0.15) is 5.60 Å². The zero-order chi connectivity index (χ0) is 13.2. The monoisotopic (exact) mass is 250 g/mol. The summed E-state index contributed by atoms with van der Waals surface area (Å²) in [4.78, 5) is 12.6. The molecule has 0 radical (unpaired) electrons. The molecular formula is C14H22N2O2. The van der Waals surface area contributed by atoms with E-state index >= 15 is 0 Å². The second kappa shape index (κ2) is 5.22. The van der Waals surface area contributed by atoms with Crippen molar-refractivity contribution in [2.45, 2.75) is 51.7 Å². The molecule has 2 unspecified atom stereocenters. The van der Waals surface area contributed by atoms with Crippen LogP contribution in [0, 0.1) is 5.92 Å². The molecule has 2 atom stereocenters. The Morgan fingerprint density at radius 3 is 3.00 bits per heavy atom. The molecule has 0 N–H and O–H groups in total. The topological polar surface area (TPSA) is 44.1 Å². The molecule has 4 heteroatoms. The SMILES string of the molecule is CCn1cc(C(=O)C2(OC)CCCC(C)C2)cn1. The Morgan fingerprint density at radius 1 is 1.67 bits per heavy atom. The fraction of sp³-hybridized carbons (Fsp3) is 0.714. The first-order valence-corrected chi connectivity index (χ1v) is 6.73. The number of carbonyl (C=O) groups is 1. The molecule has 1 heterocycles. The van der Waals surface area contributed by atoms with E-state index in [0.717, 1.165) is 25.8 Å². The normalized spacial score (nSPS) is 28.3. The Bertz CT molecular complexity index is 427. The largest absolute Gasteiger partial charge is 0.370 e. The highest BCUT2D eigenvalue weighted by Crippen LogP contribution is 2.37. The summed E-state index contributed by atoms with van der Waals surface area (Å²) in [6, 6.07) is 0. The zero-order valence-electron chi connectivity index (χ0n) is 11.5. The van der Waals surface area contributed by atoms with E-state index in [-0.39, 0.29) is 5.78 Å². The number of carbonyl (C=O) groups excluding carboxylic acids is 1. The lowest BCUT2D eigenvalue weighted by Crippen LogP contribution is -2.44. The van der Waals surface area contributed by atoms with Crippen LogP contribution in [-0.2, 0) is 11.3 Å². The van der Waals surface area contributed by atoms with E-state index in [1.54, 1.807) is 18.0 Å². The van der Waals surface area contributed by atoms with Crippen LogP contribution >= 0.6 is 0 Å². The maximum atomic E-state index is 12.6. The molecule has 100 valence electrons. The molecule has 1 aliphatic carbocycles. The Balaban J connectivity index is 2.23. The molecule has 1 fully saturated rings. The summed E-state index contributed by atoms with van der Waals surface area (Å²) < 4.78 is 7.40. The molecule has 0 aliphatic heterocycles. The Labute approximate surface area is 108 Å². The van der Waals surface area contributed by atoms with Gasteiger partial charge in [-0.15, -0.1) is 0 Å². The van der Waals surface area contributed by atoms with Crippen molar-refractivity contribution in [3.05, 3.63) is 18.0 Å². The number of hydrogen-bond acceptors (Lipinski definition) is 3. The second-order valence-electron chi connectivity index (χ2n) is 5.31. The van der Waals surface area contributed by atoms with Crippen molar-refractivity contribution in [3.8, 4) is 0 Å². The van der Waals surface area contributed by atoms with Crippen LogP contribution in [-0.4, -0.2) is 28.3 Å². The van der Waals surface area contributed by atoms with Crippen molar-refractivity contribution in [2.75, 3.05) is 7.11 Å². The van der Waals surface area contributed by atoms with E-state index < -0.39 is 5.60 Å². The number of Topliss-reactive ketones (excluding diaryl/α,β-unsaturated/α-hetero) is 1. The maximum Gasteiger partial charge on any atom is 0.197 e. The molecule has 0 saturated heterocycles. The molecule has 1 aromatic heterocycles. The first kappa shape index (κ1) is 13.3. The summed E-state index contributed by atoms with van der Waals surface area (Å²) in [6.07, 6.45) is 7.37. The van der Waals surface area contributed by atoms with Gasteiger partial charge in [-0.2, -0.15) is 5.10 Å². The van der Waals surface area contributed by atoms with Gasteiger partial charge in [-0.05, 0) is 32.1 Å². The Morgan fingerprint density at radius 2 is 2.44 bits per heavy atom. The summed E-state index contributed by atoms with van der Waals surface area (Å²) in [5.74, 6) is 0.639. The Kier molecular flexibility index (Phi) is 3.85. The molecule has 0 spiro atoms. The third-order valence-corrected chi connectivity index (χ3v) is 3.98. The van der Waals surface area contributed by atoms with E-state index in [0.29, 0.717) is 11.5 Å². The maximum absolute atomic E-state index is 12.6. The van der Waals surface area contributed by atoms with Crippen molar-refractivity contribution in [1.29, 1.82) is 0 Å². The van der Waals surface area contributed by atoms with Crippen molar-refractivity contribution in [2.24, 2.45) is 5.92 Å². The highest BCUT2D eigenvalue weighted by atomic mass is 16.5. The van der Waals surface area contributed by atoms with Crippen LogP contribution < -0.4 is 0 Å². The van der Waals surface area contributed by atoms with Crippen LogP contribution in [0.3, 0.4) is 0 Å². The molecule has 18 heavy (non-hydrogen) atoms. The highest BCUT2D eigenvalue weighted by molar-refractivity contribution is 6.02. The second-order valence-corrected chi connectivity index (χ2v) is 5.31. The number of aromatic nitrogens is 2. The average Bonchev–Trinajstić information content (AvgIpc) is 2.86. The van der Waals surface area contributed by atoms with Crippen molar-refractivity contribution < 1.29 is 9.53 Å². The number of rotatable bonds is 4. The van der Waals surface area contributed by atoms with Gasteiger partial charge in [0.2, 0.25) is 0 Å². The number of ether oxygens (including phenoxy) is 1. The van der Waals surface area contributed by atoms with Gasteiger partial charge in [0.25, 0.3) is 0 Å². The third-order valence-electron chi connectivity index (χ3n) is 3.98. The third kappa shape index (κ3) is 2.34. The van der Waals surface area contributed by atoms with E-state index in [9.17, 15) is 4.79 Å². The van der Waals surface area contributed by atoms with Crippen molar-refractivity contribution >= 4 is 5.78 Å². The fourth-order valence-corrected chi connectivity index (χ4v) is 2.90. The van der Waals surface area contributed by atoms with Gasteiger partial charge < -0.3 is 4.74 Å². The smallest absolute Gasteiger partial charge is 0.197 e. The summed E-state index contributed by atoms with van der Waals surface area (Å²) in [5.41, 5.74) is 0.0482. The first-order valence-electron chi connectivity index (χ1n) is 6.73. The molecule has 0 amide bonds. The van der Waals surface area contributed by atoms with E-state index in [1.807, 2.05) is 13.1 Å². The van der Waals surface area contributed by atoms with Gasteiger partial charge >= 0.3 is 0 Å². The van der Waals surface area contributed by atoms with E-state index in [2.05, 4.69) is 12.0 Å². The Hall–Kier alpha value is -1.16. The zero-order valence-corrected chi connectivity index (χ0v) is 11.5. The van der Waals surface area contributed by atoms with Crippen molar-refractivity contribution in [1.82, 2.24) is 9.78 Å². The van der Waals surface area contributed by atoms with Crippen LogP contribution in [0.15, 0.2) is 12.4 Å². The molecule has 1 saturated carbocycles. The number of methoxy groups -OCH3 is 1. The summed E-state index contributed by atoms with van der Waals surface area (Å²) in [7, 11) is 1.65. The van der Waals surface area contributed by atoms with Gasteiger partial charge in [0.15, 0.2) is 5.78 Å². The van der Waals surface area contributed by atoms with Crippen LogP contribution in [0.25, 0.3) is 0 Å². The number of aryl methyl sites for hydroxylation is 1. The van der Waals surface area contributed by atoms with Gasteiger partial charge in [0, 0.05) is 19.9 Å². The minimum absolute atomic E-state index is 0.0938. The summed E-state index contributed by atoms with van der Waals surface area (Å²) >= 11 is 0. The quantitative estimate of drug-likeness (QED) is 0.772. The van der Waals surface area contributed by atoms with E-state index in [4.69, 9.17) is 4.74 Å². The number of nitrogens with zero attached hydrogens (tertiary/aromatic N) is 2. The standard InChI is InChI=1S/C14H22N2O2/c1-4-16-10-12(9-15-16)13(17)14(18-3)7-5-6-11(2)8-14/h9-11H,4-8H2,1-3H3. The van der Waals surface area contributed by atoms with Gasteiger partial charge in [-0.1, -0.05) is 13.3 Å². The molecule has 2 rings (SSSR count). The van der Waals surface area contributed by atoms with Crippen LogP contribution in [0.1, 0.15) is 49.9 Å². The van der Waals surface area contributed by atoms with Crippen LogP contribution in [0.2, 0.25) is 0 Å². The molecule has 4 nitrogen and oxygen atoms in total. The average molecular weight is 250 g/mol. The predicted molar refractivity (Wildman–Crippen MR) is 69.6 cm³/mol. The van der Waals surface area contributed by atoms with Crippen LogP contribution in [0.4, 0.5) is 0 Å². The molecule has 1 aliphatic rings. The predicted octanol–water partition coefficient (Wildman–Crippen LogP) is 2.68. The molecular weight excluding hydrogens is 228 g/mol. The van der Waals surface area contributed by atoms with Gasteiger partial charge in [-0.25, -0.2) is 0 Å². The lowest BCUT2D eigenvalue weighted by Gasteiger charge is -2.37. The lowest BCUT2D eigenvalue weighted by atomic mass is 9.75. The van der Waals surface area contributed by atoms with Crippen LogP contribution in [0.5, 0.6) is 0 Å². The minimum Gasteiger partial charge on any atom is -0.370 e. The fourth-order valence-electron chi connectivity index (χ4n) is 2.90. The summed E-state index contributed by atoms with van der Waals surface area (Å²) in [6.45, 7) is 4.98. The summed E-state index contributed by atoms with van der Waals surface area (Å²) in [5, 5.41) is 4.18. The minimum atomic E-state index is -0.626. The van der Waals surface area contributed by atoms with Gasteiger partial charge in [-0.3, -0.25) is 9.48 Å². The highest BCUT2D eigenvalue weighted by Gasteiger charge is 2.42. The number of ketones is 1. The lowest BCUT2D eigenvalue weighted by molar-refractivity contribution is -0.0302. The molecule has 0 bridgehead atoms. The molecule has 1 aromatic rings.